The Morgan fingerprint density at radius 3 is 2.55 bits per heavy atom. The van der Waals surface area contributed by atoms with Crippen molar-refractivity contribution in [1.82, 2.24) is 15.0 Å². The third-order valence-electron chi connectivity index (χ3n) is 6.71. The third kappa shape index (κ3) is 4.38. The van der Waals surface area contributed by atoms with Crippen molar-refractivity contribution in [2.24, 2.45) is 0 Å². The first-order valence-corrected chi connectivity index (χ1v) is 12.1. The highest BCUT2D eigenvalue weighted by molar-refractivity contribution is 7.81. The monoisotopic (exact) mass is 544 g/mol. The van der Waals surface area contributed by atoms with Crippen LogP contribution in [0.4, 0.5) is 28.9 Å². The number of hydrogen-bond donors (Lipinski definition) is 1. The van der Waals surface area contributed by atoms with Gasteiger partial charge in [0.25, 0.3) is 5.91 Å². The molecule has 3 aromatic rings. The van der Waals surface area contributed by atoms with E-state index in [1.165, 1.54) is 18.2 Å². The summed E-state index contributed by atoms with van der Waals surface area (Å²) in [6, 6.07) is 6.38. The van der Waals surface area contributed by atoms with Gasteiger partial charge in [-0.05, 0) is 37.5 Å². The second-order valence-electron chi connectivity index (χ2n) is 8.89. The first kappa shape index (κ1) is 25.7. The van der Waals surface area contributed by atoms with Gasteiger partial charge in [0.2, 0.25) is 0 Å². The topological polar surface area (TPSA) is 95.2 Å². The van der Waals surface area contributed by atoms with E-state index < -0.39 is 40.2 Å². The summed E-state index contributed by atoms with van der Waals surface area (Å²) >= 11 is 4.57. The Balaban J connectivity index is 1.42. The lowest BCUT2D eigenvalue weighted by atomic mass is 9.75. The van der Waals surface area contributed by atoms with Crippen LogP contribution in [0.3, 0.4) is 0 Å². The molecule has 1 spiro atoms. The van der Waals surface area contributed by atoms with Crippen molar-refractivity contribution in [3.8, 4) is 11.8 Å². The number of amides is 1. The van der Waals surface area contributed by atoms with Crippen LogP contribution in [0, 0.1) is 17.1 Å². The Bertz CT molecular complexity index is 1410. The van der Waals surface area contributed by atoms with Crippen molar-refractivity contribution in [1.29, 1.82) is 5.26 Å². The summed E-state index contributed by atoms with van der Waals surface area (Å²) in [5.74, 6) is -1.13. The minimum Gasteiger partial charge on any atom is -0.490 e. The summed E-state index contributed by atoms with van der Waals surface area (Å²) in [5.41, 5.74) is -3.30. The van der Waals surface area contributed by atoms with Crippen LogP contribution < -0.4 is 14.5 Å². The van der Waals surface area contributed by atoms with Crippen LogP contribution in [-0.4, -0.2) is 38.5 Å². The lowest BCUT2D eigenvalue weighted by molar-refractivity contribution is -0.138. The van der Waals surface area contributed by atoms with Gasteiger partial charge in [-0.15, -0.1) is 12.6 Å². The highest BCUT2D eigenvalue weighted by Gasteiger charge is 2.60. The molecule has 8 nitrogen and oxygen atoms in total. The summed E-state index contributed by atoms with van der Waals surface area (Å²) < 4.78 is 61.3. The smallest absolute Gasteiger partial charge is 0.419 e. The van der Waals surface area contributed by atoms with Crippen molar-refractivity contribution in [2.45, 2.75) is 42.9 Å². The molecule has 1 amide bonds. The molecule has 1 saturated heterocycles. The molecule has 1 atom stereocenters. The quantitative estimate of drug-likeness (QED) is 0.360. The molecule has 0 N–H and O–H groups in total. The Morgan fingerprint density at radius 1 is 1.16 bits per heavy atom. The van der Waals surface area contributed by atoms with E-state index in [9.17, 15) is 18.0 Å². The molecular formula is C25H20F4N6O2S. The Kier molecular flexibility index (Phi) is 6.60. The average Bonchev–Trinajstić information content (AvgIpc) is 3.11. The number of carbonyl (C=O) groups excluding carboxylic acids is 1. The van der Waals surface area contributed by atoms with Crippen LogP contribution in [0.1, 0.15) is 36.2 Å². The number of anilines is 2. The van der Waals surface area contributed by atoms with Gasteiger partial charge in [0.1, 0.15) is 11.6 Å². The molecule has 2 aliphatic rings. The standard InChI is InChI=1S/C25H20F4N6O2S/c26-19-11-16(2-3-21(19)37-9-4-15-13-31-7-8-32-15)35-23(38)34(22(36)24(35)5-1-6-24)17-10-18(25(27,28)29)20(12-30)33-14-17/h2-3,7-8,10-11,13-14,23,38H,1,4-6,9H2. The van der Waals surface area contributed by atoms with Crippen LogP contribution in [0.5, 0.6) is 5.75 Å². The predicted octanol–water partition coefficient (Wildman–Crippen LogP) is 4.51. The van der Waals surface area contributed by atoms with Crippen molar-refractivity contribution in [2.75, 3.05) is 16.4 Å². The number of thiol groups is 1. The lowest BCUT2D eigenvalue weighted by Crippen LogP contribution is -2.55. The lowest BCUT2D eigenvalue weighted by Gasteiger charge is -2.44. The number of halogens is 4. The van der Waals surface area contributed by atoms with Gasteiger partial charge in [0.05, 0.1) is 29.7 Å². The fourth-order valence-electron chi connectivity index (χ4n) is 4.74. The average molecular weight is 545 g/mol. The maximum absolute atomic E-state index is 15.0. The van der Waals surface area contributed by atoms with Gasteiger partial charge in [0, 0.05) is 36.8 Å². The third-order valence-corrected chi connectivity index (χ3v) is 7.17. The van der Waals surface area contributed by atoms with Crippen molar-refractivity contribution >= 4 is 29.9 Å². The number of ether oxygens (including phenoxy) is 1. The van der Waals surface area contributed by atoms with Gasteiger partial charge in [0.15, 0.2) is 22.8 Å². The molecule has 3 heterocycles. The van der Waals surface area contributed by atoms with E-state index in [1.807, 2.05) is 0 Å². The fraction of sp³-hybridized carbons (Fsp3) is 0.320. The first-order chi connectivity index (χ1) is 18.2. The van der Waals surface area contributed by atoms with E-state index in [4.69, 9.17) is 10.00 Å². The van der Waals surface area contributed by atoms with E-state index in [2.05, 4.69) is 27.6 Å². The van der Waals surface area contributed by atoms with Gasteiger partial charge in [-0.25, -0.2) is 9.37 Å². The second-order valence-corrected chi connectivity index (χ2v) is 9.35. The van der Waals surface area contributed by atoms with Gasteiger partial charge in [-0.2, -0.15) is 18.4 Å². The molecule has 196 valence electrons. The Morgan fingerprint density at radius 2 is 1.95 bits per heavy atom. The predicted molar refractivity (Wildman–Crippen MR) is 131 cm³/mol. The summed E-state index contributed by atoms with van der Waals surface area (Å²) in [5, 5.41) is 9.06. The molecule has 0 radical (unpaired) electrons. The molecule has 38 heavy (non-hydrogen) atoms. The van der Waals surface area contributed by atoms with Crippen molar-refractivity contribution < 1.29 is 27.1 Å². The summed E-state index contributed by atoms with van der Waals surface area (Å²) in [6.45, 7) is 0.164. The Hall–Kier alpha value is -3.92. The van der Waals surface area contributed by atoms with Crippen LogP contribution in [0.15, 0.2) is 49.1 Å². The molecular weight excluding hydrogens is 524 g/mol. The molecule has 13 heteroatoms. The van der Waals surface area contributed by atoms with E-state index in [0.29, 0.717) is 37.1 Å². The van der Waals surface area contributed by atoms with E-state index >= 15 is 4.39 Å². The van der Waals surface area contributed by atoms with Crippen molar-refractivity contribution in [3.05, 3.63) is 71.8 Å². The van der Waals surface area contributed by atoms with Gasteiger partial charge >= 0.3 is 6.18 Å². The SMILES string of the molecule is N#Cc1ncc(N2C(=O)C3(CCC3)N(c3ccc(OCCc4cnccn4)c(F)c3)C2S)cc1C(F)(F)F. The highest BCUT2D eigenvalue weighted by atomic mass is 32.1. The molecule has 1 aliphatic carbocycles. The zero-order valence-corrected chi connectivity index (χ0v) is 20.6. The first-order valence-electron chi connectivity index (χ1n) is 11.6. The molecule has 1 aliphatic heterocycles. The number of nitrogens with zero attached hydrogens (tertiary/aromatic N) is 6. The molecule has 2 fully saturated rings. The minimum absolute atomic E-state index is 0.00417. The molecule has 2 aromatic heterocycles. The number of pyridine rings is 1. The van der Waals surface area contributed by atoms with Gasteiger partial charge in [-0.3, -0.25) is 19.7 Å². The number of hydrogen-bond acceptors (Lipinski definition) is 8. The van der Waals surface area contributed by atoms with Crippen molar-refractivity contribution in [3.63, 3.8) is 0 Å². The summed E-state index contributed by atoms with van der Waals surface area (Å²) in [7, 11) is 0. The van der Waals surface area contributed by atoms with E-state index in [0.717, 1.165) is 17.2 Å². The largest absolute Gasteiger partial charge is 0.490 e. The number of nitriles is 1. The number of benzene rings is 1. The minimum atomic E-state index is -4.84. The Labute approximate surface area is 220 Å². The maximum atomic E-state index is 15.0. The molecule has 1 unspecified atom stereocenters. The molecule has 0 bridgehead atoms. The normalized spacial score (nSPS) is 18.4. The number of aromatic nitrogens is 3. The molecule has 1 aromatic carbocycles. The number of alkyl halides is 3. The van der Waals surface area contributed by atoms with Crippen LogP contribution in [0.25, 0.3) is 0 Å². The fourth-order valence-corrected chi connectivity index (χ4v) is 5.33. The van der Waals surface area contributed by atoms with Gasteiger partial charge in [-0.1, -0.05) is 0 Å². The zero-order chi connectivity index (χ0) is 27.1. The second kappa shape index (κ2) is 9.75. The zero-order valence-electron chi connectivity index (χ0n) is 19.7. The van der Waals surface area contributed by atoms with E-state index in [1.54, 1.807) is 29.6 Å². The van der Waals surface area contributed by atoms with Crippen LogP contribution in [-0.2, 0) is 17.4 Å². The van der Waals surface area contributed by atoms with Crippen LogP contribution >= 0.6 is 12.6 Å². The van der Waals surface area contributed by atoms with Gasteiger partial charge < -0.3 is 9.64 Å². The number of rotatable bonds is 6. The van der Waals surface area contributed by atoms with Crippen LogP contribution in [0.2, 0.25) is 0 Å². The summed E-state index contributed by atoms with van der Waals surface area (Å²) in [6.07, 6.45) is 2.86. The number of carbonyl (C=O) groups is 1. The highest BCUT2D eigenvalue weighted by Crippen LogP contribution is 2.50. The summed E-state index contributed by atoms with van der Waals surface area (Å²) in [4.78, 5) is 28.0. The molecule has 5 rings (SSSR count). The molecule has 1 saturated carbocycles. The van der Waals surface area contributed by atoms with E-state index in [-0.39, 0.29) is 18.0 Å². The maximum Gasteiger partial charge on any atom is 0.419 e.